The zero-order valence-electron chi connectivity index (χ0n) is 17.0. The molecule has 7 heteroatoms. The summed E-state index contributed by atoms with van der Waals surface area (Å²) in [5.74, 6) is -1.72. The fraction of sp³-hybridized carbons (Fsp3) is 0.125. The SMILES string of the molecule is CN(C)c1ccc([C@@H]2C(=C(O)c3ccc(Cl)cc3)C(=O)C(=O)N2c2cccnc2)cc1. The fourth-order valence-electron chi connectivity index (χ4n) is 3.63. The van der Waals surface area contributed by atoms with Crippen LogP contribution >= 0.6 is 11.6 Å². The van der Waals surface area contributed by atoms with Gasteiger partial charge in [-0.05, 0) is 54.1 Å². The second-order valence-corrected chi connectivity index (χ2v) is 7.81. The topological polar surface area (TPSA) is 73.7 Å². The fourth-order valence-corrected chi connectivity index (χ4v) is 3.75. The molecule has 1 aliphatic rings. The summed E-state index contributed by atoms with van der Waals surface area (Å²) in [5.41, 5.74) is 2.57. The van der Waals surface area contributed by atoms with Crippen LogP contribution in [0, 0.1) is 0 Å². The molecule has 4 rings (SSSR count). The van der Waals surface area contributed by atoms with Crippen molar-refractivity contribution in [2.75, 3.05) is 23.9 Å². The zero-order valence-corrected chi connectivity index (χ0v) is 17.7. The average Bonchev–Trinajstić information content (AvgIpc) is 3.05. The number of ketones is 1. The van der Waals surface area contributed by atoms with Gasteiger partial charge in [0.1, 0.15) is 5.76 Å². The van der Waals surface area contributed by atoms with Gasteiger partial charge < -0.3 is 10.0 Å². The Hall–Kier alpha value is -3.64. The Kier molecular flexibility index (Phi) is 5.48. The number of aliphatic hydroxyl groups is 1. The van der Waals surface area contributed by atoms with Gasteiger partial charge in [0.2, 0.25) is 0 Å². The standard InChI is InChI=1S/C24H20ClN3O3/c1-27(2)18-11-7-15(8-12-18)21-20(22(29)16-5-9-17(25)10-6-16)23(30)24(31)28(21)19-4-3-13-26-14-19/h3-14,21,29H,1-2H3/t21-/m1/s1. The van der Waals surface area contributed by atoms with Gasteiger partial charge in [-0.2, -0.15) is 0 Å². The highest BCUT2D eigenvalue weighted by Gasteiger charge is 2.47. The molecule has 6 nitrogen and oxygen atoms in total. The van der Waals surface area contributed by atoms with Crippen molar-refractivity contribution in [1.29, 1.82) is 0 Å². The Bertz CT molecular complexity index is 1160. The molecule has 2 heterocycles. The van der Waals surface area contributed by atoms with Gasteiger partial charge in [0.05, 0.1) is 23.5 Å². The van der Waals surface area contributed by atoms with E-state index < -0.39 is 17.7 Å². The third-order valence-corrected chi connectivity index (χ3v) is 5.46. The normalized spacial score (nSPS) is 17.8. The maximum Gasteiger partial charge on any atom is 0.300 e. The minimum absolute atomic E-state index is 0.0220. The van der Waals surface area contributed by atoms with E-state index in [9.17, 15) is 14.7 Å². The van der Waals surface area contributed by atoms with Crippen molar-refractivity contribution in [2.45, 2.75) is 6.04 Å². The molecule has 1 saturated heterocycles. The number of carbonyl (C=O) groups excluding carboxylic acids is 2. The van der Waals surface area contributed by atoms with E-state index in [1.165, 1.54) is 11.1 Å². The van der Waals surface area contributed by atoms with E-state index in [0.717, 1.165) is 5.69 Å². The molecule has 1 N–H and O–H groups in total. The molecule has 156 valence electrons. The number of rotatable bonds is 4. The average molecular weight is 434 g/mol. The zero-order chi connectivity index (χ0) is 22.1. The number of Topliss-reactive ketones (excluding diaryl/α,β-unsaturated/α-hetero) is 1. The van der Waals surface area contributed by atoms with Crippen molar-refractivity contribution < 1.29 is 14.7 Å². The van der Waals surface area contributed by atoms with Crippen molar-refractivity contribution >= 4 is 40.4 Å². The molecule has 0 spiro atoms. The van der Waals surface area contributed by atoms with Gasteiger partial charge >= 0.3 is 0 Å². The summed E-state index contributed by atoms with van der Waals surface area (Å²) in [6.45, 7) is 0. The first-order chi connectivity index (χ1) is 14.9. The lowest BCUT2D eigenvalue weighted by Crippen LogP contribution is -2.29. The maximum absolute atomic E-state index is 13.1. The van der Waals surface area contributed by atoms with Crippen molar-refractivity contribution in [3.8, 4) is 0 Å². The molecule has 2 aromatic carbocycles. The number of nitrogens with zero attached hydrogens (tertiary/aromatic N) is 3. The van der Waals surface area contributed by atoms with Crippen LogP contribution < -0.4 is 9.80 Å². The van der Waals surface area contributed by atoms with Crippen LogP contribution in [-0.2, 0) is 9.59 Å². The molecule has 1 amide bonds. The van der Waals surface area contributed by atoms with E-state index in [1.54, 1.807) is 42.6 Å². The summed E-state index contributed by atoms with van der Waals surface area (Å²) in [5, 5.41) is 11.6. The van der Waals surface area contributed by atoms with Gasteiger partial charge in [-0.1, -0.05) is 23.7 Å². The minimum atomic E-state index is -0.795. The van der Waals surface area contributed by atoms with Gasteiger partial charge in [0.25, 0.3) is 11.7 Å². The summed E-state index contributed by atoms with van der Waals surface area (Å²) >= 11 is 5.96. The van der Waals surface area contributed by atoms with Gasteiger partial charge in [-0.25, -0.2) is 0 Å². The van der Waals surface area contributed by atoms with Crippen LogP contribution in [-0.4, -0.2) is 35.9 Å². The largest absolute Gasteiger partial charge is 0.507 e. The number of hydrogen-bond donors (Lipinski definition) is 1. The second kappa shape index (κ2) is 8.24. The third kappa shape index (κ3) is 3.78. The van der Waals surface area contributed by atoms with Gasteiger partial charge in [-0.15, -0.1) is 0 Å². The number of pyridine rings is 1. The van der Waals surface area contributed by atoms with Crippen LogP contribution in [0.1, 0.15) is 17.2 Å². The summed E-state index contributed by atoms with van der Waals surface area (Å²) < 4.78 is 0. The first-order valence-corrected chi connectivity index (χ1v) is 10.0. The predicted octanol–water partition coefficient (Wildman–Crippen LogP) is 4.43. The Balaban J connectivity index is 1.91. The Morgan fingerprint density at radius 2 is 1.71 bits per heavy atom. The number of hydrogen-bond acceptors (Lipinski definition) is 5. The molecule has 1 fully saturated rings. The van der Waals surface area contributed by atoms with E-state index in [2.05, 4.69) is 4.98 Å². The Morgan fingerprint density at radius 1 is 1.03 bits per heavy atom. The first kappa shape index (κ1) is 20.6. The van der Waals surface area contributed by atoms with E-state index in [4.69, 9.17) is 11.6 Å². The quantitative estimate of drug-likeness (QED) is 0.374. The molecule has 0 radical (unpaired) electrons. The molecule has 0 aliphatic carbocycles. The van der Waals surface area contributed by atoms with E-state index in [-0.39, 0.29) is 11.3 Å². The number of benzene rings is 2. The summed E-state index contributed by atoms with van der Waals surface area (Å²) in [6.07, 6.45) is 3.11. The van der Waals surface area contributed by atoms with Crippen molar-refractivity contribution in [2.24, 2.45) is 0 Å². The molecule has 0 bridgehead atoms. The van der Waals surface area contributed by atoms with E-state index in [1.807, 2.05) is 43.3 Å². The first-order valence-electron chi connectivity index (χ1n) is 9.62. The van der Waals surface area contributed by atoms with E-state index in [0.29, 0.717) is 21.8 Å². The molecule has 3 aromatic rings. The highest BCUT2D eigenvalue weighted by molar-refractivity contribution is 6.51. The number of halogens is 1. The second-order valence-electron chi connectivity index (χ2n) is 7.37. The molecular weight excluding hydrogens is 414 g/mol. The predicted molar refractivity (Wildman–Crippen MR) is 121 cm³/mol. The highest BCUT2D eigenvalue weighted by atomic mass is 35.5. The minimum Gasteiger partial charge on any atom is -0.507 e. The number of anilines is 2. The summed E-state index contributed by atoms with van der Waals surface area (Å²) in [4.78, 5) is 33.5. The van der Waals surface area contributed by atoms with Gasteiger partial charge in [0, 0.05) is 36.6 Å². The lowest BCUT2D eigenvalue weighted by molar-refractivity contribution is -0.132. The van der Waals surface area contributed by atoms with Crippen LogP contribution in [0.25, 0.3) is 5.76 Å². The number of aliphatic hydroxyl groups excluding tert-OH is 1. The number of carbonyl (C=O) groups is 2. The molecule has 0 unspecified atom stereocenters. The third-order valence-electron chi connectivity index (χ3n) is 5.21. The molecular formula is C24H20ClN3O3. The molecule has 1 atom stereocenters. The van der Waals surface area contributed by atoms with E-state index >= 15 is 0 Å². The number of amides is 1. The van der Waals surface area contributed by atoms with Crippen LogP contribution in [0.5, 0.6) is 0 Å². The highest BCUT2D eigenvalue weighted by Crippen LogP contribution is 2.42. The Labute approximate surface area is 185 Å². The maximum atomic E-state index is 13.1. The molecule has 0 saturated carbocycles. The monoisotopic (exact) mass is 433 g/mol. The summed E-state index contributed by atoms with van der Waals surface area (Å²) in [7, 11) is 3.86. The summed E-state index contributed by atoms with van der Waals surface area (Å²) in [6, 6.07) is 16.6. The molecule has 1 aromatic heterocycles. The van der Waals surface area contributed by atoms with Crippen molar-refractivity contribution in [1.82, 2.24) is 4.98 Å². The molecule has 31 heavy (non-hydrogen) atoms. The van der Waals surface area contributed by atoms with Gasteiger partial charge in [0.15, 0.2) is 0 Å². The lowest BCUT2D eigenvalue weighted by Gasteiger charge is -2.25. The smallest absolute Gasteiger partial charge is 0.300 e. The number of aromatic nitrogens is 1. The van der Waals surface area contributed by atoms with Crippen LogP contribution in [0.4, 0.5) is 11.4 Å². The Morgan fingerprint density at radius 3 is 2.29 bits per heavy atom. The van der Waals surface area contributed by atoms with Crippen LogP contribution in [0.15, 0.2) is 78.6 Å². The van der Waals surface area contributed by atoms with Crippen LogP contribution in [0.2, 0.25) is 5.02 Å². The van der Waals surface area contributed by atoms with Gasteiger partial charge in [-0.3, -0.25) is 19.5 Å². The van der Waals surface area contributed by atoms with Crippen molar-refractivity contribution in [3.63, 3.8) is 0 Å². The van der Waals surface area contributed by atoms with Crippen LogP contribution in [0.3, 0.4) is 0 Å². The lowest BCUT2D eigenvalue weighted by atomic mass is 9.95. The molecule has 1 aliphatic heterocycles. The van der Waals surface area contributed by atoms with Crippen molar-refractivity contribution in [3.05, 3.63) is 94.8 Å².